The highest BCUT2D eigenvalue weighted by molar-refractivity contribution is 5.66. The smallest absolute Gasteiger partial charge is 0.302 e. The monoisotopic (exact) mass is 418 g/mol. The average Bonchev–Trinajstić information content (AvgIpc) is 3.05. The van der Waals surface area contributed by atoms with E-state index in [1.165, 1.54) is 64.2 Å². The van der Waals surface area contributed by atoms with E-state index in [9.17, 15) is 4.79 Å². The molecule has 4 aliphatic carbocycles. The van der Waals surface area contributed by atoms with Gasteiger partial charge < -0.3 is 14.2 Å². The van der Waals surface area contributed by atoms with E-state index in [4.69, 9.17) is 14.2 Å². The third kappa shape index (κ3) is 3.54. The van der Waals surface area contributed by atoms with Crippen molar-refractivity contribution in [2.45, 2.75) is 116 Å². The Kier molecular flexibility index (Phi) is 5.71. The predicted octanol–water partition coefficient (Wildman–Crippen LogP) is 5.87. The number of rotatable bonds is 3. The lowest BCUT2D eigenvalue weighted by Gasteiger charge is -2.61. The highest BCUT2D eigenvalue weighted by atomic mass is 16.7. The molecule has 1 saturated heterocycles. The highest BCUT2D eigenvalue weighted by Crippen LogP contribution is 2.66. The molecule has 0 aromatic heterocycles. The van der Waals surface area contributed by atoms with E-state index >= 15 is 0 Å². The summed E-state index contributed by atoms with van der Waals surface area (Å²) in [5, 5.41) is 0. The fourth-order valence-electron chi connectivity index (χ4n) is 8.72. The first kappa shape index (κ1) is 21.2. The number of carbonyl (C=O) groups is 1. The van der Waals surface area contributed by atoms with Gasteiger partial charge in [0.2, 0.25) is 0 Å². The summed E-state index contributed by atoms with van der Waals surface area (Å²) in [5.74, 6) is 3.11. The first-order valence-corrected chi connectivity index (χ1v) is 12.8. The molecule has 0 aromatic carbocycles. The molecule has 0 radical (unpaired) electrons. The minimum absolute atomic E-state index is 0.0523. The van der Waals surface area contributed by atoms with E-state index in [1.54, 1.807) is 6.92 Å². The van der Waals surface area contributed by atoms with Crippen LogP contribution in [0, 0.1) is 34.5 Å². The highest BCUT2D eigenvalue weighted by Gasteiger charge is 2.61. The lowest BCUT2D eigenvalue weighted by Crippen LogP contribution is -2.55. The molecule has 5 aliphatic rings. The largest absolute Gasteiger partial charge is 0.462 e. The van der Waals surface area contributed by atoms with Crippen LogP contribution in [0.4, 0.5) is 0 Å². The lowest BCUT2D eigenvalue weighted by atomic mass is 9.45. The molecule has 0 bridgehead atoms. The SMILES string of the molecule is CC(=O)O[C@@H]1CC[C@@H]2[C@H]3CC[C@H]4C[C@@H](O[C@@H]5CCCCO5)CC[C@]4(C)[C@@H]3CC[C@@]21C. The Morgan fingerprint density at radius 1 is 0.900 bits per heavy atom. The van der Waals surface area contributed by atoms with Crippen molar-refractivity contribution in [1.29, 1.82) is 0 Å². The molecule has 30 heavy (non-hydrogen) atoms. The van der Waals surface area contributed by atoms with Crippen molar-refractivity contribution in [3.8, 4) is 0 Å². The Labute approximate surface area is 182 Å². The molecular formula is C26H42O4. The molecule has 0 spiro atoms. The van der Waals surface area contributed by atoms with Crippen molar-refractivity contribution in [2.75, 3.05) is 6.61 Å². The Morgan fingerprint density at radius 3 is 2.47 bits per heavy atom. The number of fused-ring (bicyclic) bond motifs is 5. The minimum atomic E-state index is -0.0973. The number of carbonyl (C=O) groups excluding carboxylic acids is 1. The van der Waals surface area contributed by atoms with Crippen LogP contribution in [0.3, 0.4) is 0 Å². The van der Waals surface area contributed by atoms with Crippen LogP contribution in [0.1, 0.15) is 97.8 Å². The van der Waals surface area contributed by atoms with Gasteiger partial charge in [0.1, 0.15) is 6.10 Å². The molecule has 4 saturated carbocycles. The van der Waals surface area contributed by atoms with Gasteiger partial charge in [0.05, 0.1) is 6.10 Å². The lowest BCUT2D eigenvalue weighted by molar-refractivity contribution is -0.212. The number of esters is 1. The summed E-state index contributed by atoms with van der Waals surface area (Å²) >= 11 is 0. The van der Waals surface area contributed by atoms with Gasteiger partial charge in [-0.25, -0.2) is 0 Å². The van der Waals surface area contributed by atoms with Gasteiger partial charge in [0, 0.05) is 18.9 Å². The quantitative estimate of drug-likeness (QED) is 0.424. The molecule has 0 N–H and O–H groups in total. The van der Waals surface area contributed by atoms with Crippen LogP contribution in [0.15, 0.2) is 0 Å². The molecule has 170 valence electrons. The summed E-state index contributed by atoms with van der Waals surface area (Å²) in [7, 11) is 0. The zero-order chi connectivity index (χ0) is 20.9. The average molecular weight is 419 g/mol. The Hall–Kier alpha value is -0.610. The first-order chi connectivity index (χ1) is 14.4. The van der Waals surface area contributed by atoms with E-state index in [0.717, 1.165) is 43.1 Å². The summed E-state index contributed by atoms with van der Waals surface area (Å²) in [6.45, 7) is 7.49. The summed E-state index contributed by atoms with van der Waals surface area (Å²) in [6.07, 6.45) is 15.4. The number of hydrogen-bond donors (Lipinski definition) is 0. The number of ether oxygens (including phenoxy) is 3. The van der Waals surface area contributed by atoms with Crippen molar-refractivity contribution in [2.24, 2.45) is 34.5 Å². The second kappa shape index (κ2) is 8.06. The zero-order valence-electron chi connectivity index (χ0n) is 19.4. The summed E-state index contributed by atoms with van der Waals surface area (Å²) in [5.41, 5.74) is 0.672. The second-order valence-corrected chi connectivity index (χ2v) is 11.7. The van der Waals surface area contributed by atoms with Crippen molar-refractivity contribution in [1.82, 2.24) is 0 Å². The third-order valence-electron chi connectivity index (χ3n) is 10.3. The molecule has 1 heterocycles. The summed E-state index contributed by atoms with van der Waals surface area (Å²) < 4.78 is 18.1. The van der Waals surface area contributed by atoms with Gasteiger partial charge >= 0.3 is 5.97 Å². The number of hydrogen-bond acceptors (Lipinski definition) is 4. The van der Waals surface area contributed by atoms with Gasteiger partial charge in [-0.1, -0.05) is 13.8 Å². The Bertz CT molecular complexity index is 643. The molecule has 4 heteroatoms. The fraction of sp³-hybridized carbons (Fsp3) is 0.962. The molecule has 5 rings (SSSR count). The van der Waals surface area contributed by atoms with Gasteiger partial charge in [-0.15, -0.1) is 0 Å². The fourth-order valence-corrected chi connectivity index (χ4v) is 8.72. The molecule has 1 aliphatic heterocycles. The summed E-state index contributed by atoms with van der Waals surface area (Å²) in [6, 6.07) is 0. The van der Waals surface area contributed by atoms with E-state index in [0.29, 0.717) is 11.5 Å². The van der Waals surface area contributed by atoms with Crippen LogP contribution < -0.4 is 0 Å². The van der Waals surface area contributed by atoms with Crippen molar-refractivity contribution in [3.63, 3.8) is 0 Å². The normalized spacial score (nSPS) is 50.8. The minimum Gasteiger partial charge on any atom is -0.462 e. The van der Waals surface area contributed by atoms with E-state index < -0.39 is 0 Å². The van der Waals surface area contributed by atoms with Gasteiger partial charge in [-0.05, 0) is 106 Å². The van der Waals surface area contributed by atoms with E-state index in [1.807, 2.05) is 0 Å². The van der Waals surface area contributed by atoms with Crippen LogP contribution in [0.5, 0.6) is 0 Å². The molecule has 9 atom stereocenters. The molecule has 4 nitrogen and oxygen atoms in total. The Morgan fingerprint density at radius 2 is 1.70 bits per heavy atom. The van der Waals surface area contributed by atoms with Crippen molar-refractivity contribution >= 4 is 5.97 Å². The molecule has 0 unspecified atom stereocenters. The molecule has 0 amide bonds. The van der Waals surface area contributed by atoms with Crippen molar-refractivity contribution < 1.29 is 19.0 Å². The van der Waals surface area contributed by atoms with Crippen LogP contribution in [-0.2, 0) is 19.0 Å². The first-order valence-electron chi connectivity index (χ1n) is 12.8. The van der Waals surface area contributed by atoms with Gasteiger partial charge in [-0.2, -0.15) is 0 Å². The predicted molar refractivity (Wildman–Crippen MR) is 116 cm³/mol. The maximum atomic E-state index is 11.7. The van der Waals surface area contributed by atoms with E-state index in [2.05, 4.69) is 13.8 Å². The topological polar surface area (TPSA) is 44.8 Å². The maximum absolute atomic E-state index is 11.7. The molecule has 5 fully saturated rings. The van der Waals surface area contributed by atoms with Crippen LogP contribution in [0.2, 0.25) is 0 Å². The molecular weight excluding hydrogens is 376 g/mol. The van der Waals surface area contributed by atoms with Crippen LogP contribution in [0.25, 0.3) is 0 Å². The van der Waals surface area contributed by atoms with Crippen LogP contribution >= 0.6 is 0 Å². The van der Waals surface area contributed by atoms with Gasteiger partial charge in [0.15, 0.2) is 6.29 Å². The third-order valence-corrected chi connectivity index (χ3v) is 10.3. The maximum Gasteiger partial charge on any atom is 0.302 e. The second-order valence-electron chi connectivity index (χ2n) is 11.7. The van der Waals surface area contributed by atoms with E-state index in [-0.39, 0.29) is 23.8 Å². The standard InChI is InChI=1S/C26H42O4/c1-17(27)29-23-10-9-21-20-8-7-18-16-19(30-24-6-4-5-15-28-24)11-13-25(18,2)22(20)12-14-26(21,23)3/h18-24H,4-16H2,1-3H3/t18-,19-,20+,21+,22+,23+,24+,25-,26-/m0/s1. The van der Waals surface area contributed by atoms with Crippen LogP contribution in [-0.4, -0.2) is 31.1 Å². The Balaban J connectivity index is 1.26. The summed E-state index contributed by atoms with van der Waals surface area (Å²) in [4.78, 5) is 11.7. The zero-order valence-corrected chi connectivity index (χ0v) is 19.4. The molecule has 0 aromatic rings. The van der Waals surface area contributed by atoms with Crippen molar-refractivity contribution in [3.05, 3.63) is 0 Å². The van der Waals surface area contributed by atoms with Gasteiger partial charge in [0.25, 0.3) is 0 Å². The van der Waals surface area contributed by atoms with Gasteiger partial charge in [-0.3, -0.25) is 4.79 Å².